The molecule has 0 radical (unpaired) electrons. The lowest BCUT2D eigenvalue weighted by atomic mass is 10.0. The Hall–Kier alpha value is -1.26. The molecule has 0 spiro atoms. The zero-order valence-electron chi connectivity index (χ0n) is 20.0. The minimum absolute atomic E-state index is 0. The van der Waals surface area contributed by atoms with Crippen molar-refractivity contribution in [1.82, 2.24) is 19.4 Å². The Labute approximate surface area is 216 Å². The number of aromatic nitrogens is 3. The van der Waals surface area contributed by atoms with Crippen molar-refractivity contribution in [2.45, 2.75) is 84.8 Å². The number of fused-ring (bicyclic) bond motifs is 1. The van der Waals surface area contributed by atoms with Crippen LogP contribution < -0.4 is 4.87 Å². The van der Waals surface area contributed by atoms with Crippen LogP contribution in [0.5, 0.6) is 0 Å². The minimum atomic E-state index is -0.317. The summed E-state index contributed by atoms with van der Waals surface area (Å²) in [5.74, 6) is 1.27. The van der Waals surface area contributed by atoms with Crippen molar-refractivity contribution in [2.75, 3.05) is 14.1 Å². The molecule has 8 nitrogen and oxygen atoms in total. The van der Waals surface area contributed by atoms with Gasteiger partial charge in [0.2, 0.25) is 0 Å². The minimum Gasteiger partial charge on any atom is -0.369 e. The van der Waals surface area contributed by atoms with Crippen molar-refractivity contribution in [3.8, 4) is 0 Å². The van der Waals surface area contributed by atoms with Crippen LogP contribution in [0.3, 0.4) is 0 Å². The number of rotatable bonds is 5. The maximum absolute atomic E-state index is 12.5. The molecule has 2 aromatic rings. The van der Waals surface area contributed by atoms with Crippen LogP contribution in [0.1, 0.15) is 67.0 Å². The highest BCUT2D eigenvalue weighted by Crippen LogP contribution is 2.37. The zero-order chi connectivity index (χ0) is 24.3. The van der Waals surface area contributed by atoms with Crippen molar-refractivity contribution in [1.29, 1.82) is 0 Å². The van der Waals surface area contributed by atoms with E-state index in [1.807, 2.05) is 14.1 Å². The fourth-order valence-corrected chi connectivity index (χ4v) is 5.73. The van der Waals surface area contributed by atoms with Gasteiger partial charge in [-0.3, -0.25) is 9.36 Å². The molecule has 0 aliphatic carbocycles. The van der Waals surface area contributed by atoms with Gasteiger partial charge in [-0.25, -0.2) is 4.99 Å². The van der Waals surface area contributed by atoms with Crippen LogP contribution in [0.2, 0.25) is 5.15 Å². The third kappa shape index (κ3) is 6.69. The molecule has 0 aromatic carbocycles. The Kier molecular flexibility index (Phi) is 10.8. The molecule has 2 aromatic heterocycles. The highest BCUT2D eigenvalue weighted by atomic mass is 35.5. The van der Waals surface area contributed by atoms with Gasteiger partial charge in [-0.15, -0.1) is 0 Å². The number of hydrogen-bond acceptors (Lipinski definition) is 7. The topological polar surface area (TPSA) is 81.8 Å². The van der Waals surface area contributed by atoms with E-state index in [0.29, 0.717) is 28.3 Å². The van der Waals surface area contributed by atoms with Crippen LogP contribution in [0.15, 0.2) is 9.79 Å². The molecule has 0 bridgehead atoms. The fourth-order valence-electron chi connectivity index (χ4n) is 4.20. The lowest BCUT2D eigenvalue weighted by Crippen LogP contribution is -2.20. The van der Waals surface area contributed by atoms with E-state index >= 15 is 0 Å². The summed E-state index contributed by atoms with van der Waals surface area (Å²) >= 11 is 13.0. The summed E-state index contributed by atoms with van der Waals surface area (Å²) in [5.41, 5.74) is 0.467. The van der Waals surface area contributed by atoms with E-state index in [4.69, 9.17) is 32.7 Å². The van der Waals surface area contributed by atoms with Gasteiger partial charge in [-0.05, 0) is 37.5 Å². The van der Waals surface area contributed by atoms with Gasteiger partial charge in [-0.1, -0.05) is 69.7 Å². The molecule has 11 heteroatoms. The average Bonchev–Trinajstić information content (AvgIpc) is 3.40. The second kappa shape index (κ2) is 12.6. The predicted octanol–water partition coefficient (Wildman–Crippen LogP) is 6.08. The Morgan fingerprint density at radius 1 is 1.15 bits per heavy atom. The number of aliphatic imine (C=N–C) groups is 1. The summed E-state index contributed by atoms with van der Waals surface area (Å²) in [6.45, 7) is 8.56. The number of halogens is 2. The number of thiazole rings is 1. The zero-order valence-corrected chi connectivity index (χ0v) is 22.3. The van der Waals surface area contributed by atoms with Gasteiger partial charge in [0.25, 0.3) is 5.95 Å². The van der Waals surface area contributed by atoms with E-state index in [0.717, 1.165) is 37.0 Å². The van der Waals surface area contributed by atoms with Gasteiger partial charge in [0, 0.05) is 14.1 Å². The molecular formula is C23H37Cl2N5O3S. The van der Waals surface area contributed by atoms with E-state index in [1.54, 1.807) is 15.8 Å². The molecule has 0 saturated carbocycles. The van der Waals surface area contributed by atoms with E-state index in [2.05, 4.69) is 42.7 Å². The Morgan fingerprint density at radius 3 is 2.26 bits per heavy atom. The number of alkyl halides is 1. The van der Waals surface area contributed by atoms with E-state index in [1.165, 1.54) is 0 Å². The molecule has 2 aliphatic heterocycles. The van der Waals surface area contributed by atoms with Crippen molar-refractivity contribution in [3.63, 3.8) is 0 Å². The molecule has 0 amide bonds. The van der Waals surface area contributed by atoms with Crippen LogP contribution in [0.4, 0.5) is 5.95 Å². The standard InChI is InChI=1S/C15H20ClN5O2S.C7H13ClO.CH4/c1-5-9-8(2)6-10(23-9)21-13-11(24-15(21)22)12(16)18-14(19-13)17-7-20(3)4;1-3-6-5(2)4-7(8)9-6;/h7-10H,5-6H2,1-4H3;5-7H,3-4H2,1-2H3;1H4/t8-,9+,10+;5-,6+,7-;/m00./s1. The monoisotopic (exact) mass is 533 g/mol. The summed E-state index contributed by atoms with van der Waals surface area (Å²) in [7, 11) is 3.70. The smallest absolute Gasteiger partial charge is 0.311 e. The van der Waals surface area contributed by atoms with E-state index in [-0.39, 0.29) is 41.3 Å². The third-order valence-electron chi connectivity index (χ3n) is 5.96. The third-order valence-corrected chi connectivity index (χ3v) is 7.58. The number of nitrogens with zero attached hydrogens (tertiary/aromatic N) is 5. The summed E-state index contributed by atoms with van der Waals surface area (Å²) in [5, 5.41) is 0.241. The molecule has 2 aliphatic rings. The van der Waals surface area contributed by atoms with Crippen molar-refractivity contribution in [2.24, 2.45) is 16.8 Å². The van der Waals surface area contributed by atoms with Crippen LogP contribution in [0.25, 0.3) is 10.3 Å². The number of hydrogen-bond donors (Lipinski definition) is 0. The molecule has 2 fully saturated rings. The summed E-state index contributed by atoms with van der Waals surface area (Å²) in [6.07, 6.45) is 5.64. The first-order chi connectivity index (χ1) is 15.6. The normalized spacial score (nSPS) is 28.7. The van der Waals surface area contributed by atoms with Crippen LogP contribution in [-0.2, 0) is 9.47 Å². The average molecular weight is 535 g/mol. The van der Waals surface area contributed by atoms with Gasteiger partial charge in [0.05, 0.1) is 18.5 Å². The highest BCUT2D eigenvalue weighted by Gasteiger charge is 2.34. The predicted molar refractivity (Wildman–Crippen MR) is 142 cm³/mol. The maximum Gasteiger partial charge on any atom is 0.311 e. The van der Waals surface area contributed by atoms with E-state index < -0.39 is 0 Å². The van der Waals surface area contributed by atoms with Crippen LogP contribution >= 0.6 is 34.5 Å². The van der Waals surface area contributed by atoms with Gasteiger partial charge < -0.3 is 14.4 Å². The first kappa shape index (κ1) is 29.0. The lowest BCUT2D eigenvalue weighted by molar-refractivity contribution is -0.00388. The van der Waals surface area contributed by atoms with Crippen molar-refractivity contribution < 1.29 is 9.47 Å². The SMILES string of the molecule is C.CC[C@H]1O[C@@H](n2c(=O)sc3c(Cl)nc(N=CN(C)C)nc32)C[C@@H]1C.CC[C@H]1O[C@H](Cl)C[C@@H]1C. The lowest BCUT2D eigenvalue weighted by Gasteiger charge is -2.14. The molecule has 192 valence electrons. The fraction of sp³-hybridized carbons (Fsp3) is 0.739. The first-order valence-electron chi connectivity index (χ1n) is 11.4. The molecule has 4 rings (SSSR count). The van der Waals surface area contributed by atoms with Gasteiger partial charge in [0.1, 0.15) is 16.5 Å². The summed E-state index contributed by atoms with van der Waals surface area (Å²) in [4.78, 5) is 26.9. The summed E-state index contributed by atoms with van der Waals surface area (Å²) < 4.78 is 13.6. The van der Waals surface area contributed by atoms with Crippen molar-refractivity contribution in [3.05, 3.63) is 14.8 Å². The molecule has 0 N–H and O–H groups in total. The quantitative estimate of drug-likeness (QED) is 0.200. The molecule has 6 atom stereocenters. The van der Waals surface area contributed by atoms with Crippen molar-refractivity contribution >= 4 is 57.2 Å². The largest absolute Gasteiger partial charge is 0.369 e. The molecular weight excluding hydrogens is 497 g/mol. The highest BCUT2D eigenvalue weighted by molar-refractivity contribution is 7.17. The molecule has 34 heavy (non-hydrogen) atoms. The summed E-state index contributed by atoms with van der Waals surface area (Å²) in [6, 6.07) is 0. The second-order valence-corrected chi connectivity index (χ2v) is 10.7. The molecule has 4 heterocycles. The first-order valence-corrected chi connectivity index (χ1v) is 13.0. The van der Waals surface area contributed by atoms with Gasteiger partial charge in [-0.2, -0.15) is 9.97 Å². The van der Waals surface area contributed by atoms with E-state index in [9.17, 15) is 4.79 Å². The Morgan fingerprint density at radius 2 is 1.76 bits per heavy atom. The maximum atomic E-state index is 12.5. The van der Waals surface area contributed by atoms with Gasteiger partial charge in [0.15, 0.2) is 10.8 Å². The second-order valence-electron chi connectivity index (χ2n) is 8.87. The molecule has 0 unspecified atom stereocenters. The molecule has 2 saturated heterocycles. The van der Waals surface area contributed by atoms with Gasteiger partial charge >= 0.3 is 4.87 Å². The Bertz CT molecular complexity index is 1030. The number of ether oxygens (including phenoxy) is 2. The Balaban J connectivity index is 0.000000345. The van der Waals surface area contributed by atoms with Crippen LogP contribution in [0, 0.1) is 11.8 Å². The van der Waals surface area contributed by atoms with Crippen LogP contribution in [-0.4, -0.2) is 57.6 Å².